The number of amides is 2. The van der Waals surface area contributed by atoms with Gasteiger partial charge in [-0.1, -0.05) is 24.3 Å². The predicted octanol–water partition coefficient (Wildman–Crippen LogP) is 3.45. The zero-order valence-electron chi connectivity index (χ0n) is 34.3. The lowest BCUT2D eigenvalue weighted by molar-refractivity contribution is -0.645. The van der Waals surface area contributed by atoms with Crippen molar-refractivity contribution in [1.29, 1.82) is 0 Å². The van der Waals surface area contributed by atoms with Gasteiger partial charge in [0.05, 0.1) is 58.1 Å². The fraction of sp³-hybridized carbons (Fsp3) is 0.227. The fourth-order valence-corrected chi connectivity index (χ4v) is 7.61. The van der Waals surface area contributed by atoms with Gasteiger partial charge in [-0.2, -0.15) is 9.55 Å². The number of anilines is 2. The molecule has 0 unspecified atom stereocenters. The summed E-state index contributed by atoms with van der Waals surface area (Å²) in [5.41, 5.74) is 10.2. The number of rotatable bonds is 17. The second kappa shape index (κ2) is 19.1. The third kappa shape index (κ3) is 10.6. The quantitative estimate of drug-likeness (QED) is 0.0219. The normalized spacial score (nSPS) is 11.5. The summed E-state index contributed by atoms with van der Waals surface area (Å²) in [7, 11) is -4.39. The molecule has 3 heterocycles. The number of nitrogen functional groups attached to an aromatic ring is 1. The van der Waals surface area contributed by atoms with Crippen LogP contribution in [0.15, 0.2) is 95.9 Å². The van der Waals surface area contributed by atoms with E-state index in [1.54, 1.807) is 74.5 Å². The van der Waals surface area contributed by atoms with E-state index in [-0.39, 0.29) is 74.7 Å². The van der Waals surface area contributed by atoms with E-state index in [4.69, 9.17) is 15.2 Å². The predicted molar refractivity (Wildman–Crippen MR) is 233 cm³/mol. The van der Waals surface area contributed by atoms with E-state index in [0.717, 1.165) is 5.69 Å². The number of nitrogens with zero attached hydrogens (tertiary/aromatic N) is 4. The molecular weight excluding hydrogens is 831 g/mol. The molecule has 7 rings (SSSR count). The molecule has 324 valence electrons. The Morgan fingerprint density at radius 1 is 0.841 bits per heavy atom. The van der Waals surface area contributed by atoms with E-state index in [0.29, 0.717) is 61.1 Å². The maximum absolute atomic E-state index is 14.0. The molecule has 0 saturated heterocycles. The smallest absolute Gasteiger partial charge is 0.345 e. The fourth-order valence-electron chi connectivity index (χ4n) is 7.13. The number of para-hydroxylation sites is 2. The first-order chi connectivity index (χ1) is 30.3. The van der Waals surface area contributed by atoms with Crippen molar-refractivity contribution < 1.29 is 41.4 Å². The molecule has 7 aromatic rings. The summed E-state index contributed by atoms with van der Waals surface area (Å²) in [5, 5.41) is 9.99. The number of hydrogen-bond donors (Lipinski definition) is 5. The highest BCUT2D eigenvalue weighted by atomic mass is 32.2. The summed E-state index contributed by atoms with van der Waals surface area (Å²) >= 11 is 0. The monoisotopic (exact) mass is 873 g/mol. The molecular formula is C44H43N9O9S. The molecule has 0 spiro atoms. The van der Waals surface area contributed by atoms with Crippen LogP contribution in [0, 0.1) is 13.8 Å². The number of aryl methyl sites for hydroxylation is 3. The van der Waals surface area contributed by atoms with Crippen molar-refractivity contribution in [2.24, 2.45) is 0 Å². The number of aromatic nitrogens is 5. The second-order valence-electron chi connectivity index (χ2n) is 14.5. The van der Waals surface area contributed by atoms with Crippen LogP contribution in [-0.4, -0.2) is 82.7 Å². The highest BCUT2D eigenvalue weighted by Gasteiger charge is 2.26. The average molecular weight is 874 g/mol. The number of aromatic amines is 1. The third-order valence-electron chi connectivity index (χ3n) is 10.00. The first-order valence-electron chi connectivity index (χ1n) is 19.9. The molecule has 0 atom stereocenters. The summed E-state index contributed by atoms with van der Waals surface area (Å²) < 4.78 is 47.5. The van der Waals surface area contributed by atoms with Gasteiger partial charge >= 0.3 is 5.97 Å². The van der Waals surface area contributed by atoms with Crippen molar-refractivity contribution in [3.63, 3.8) is 0 Å². The average Bonchev–Trinajstić information content (AvgIpc) is 3.25. The molecule has 2 amide bonds. The number of carbonyl (C=O) groups is 3. The van der Waals surface area contributed by atoms with Crippen LogP contribution in [0.1, 0.15) is 54.3 Å². The molecule has 63 heavy (non-hydrogen) atoms. The SMILES string of the molecule is Cc1cc(C(=O)NCCOCCNC(=O)c2ccc(NCc3cnc4nc(N)[nH]c(=O)c4n3)cc2)cc(C)c1OC(=O)c1c2ccccc2[n+](CCCS(=O)(=O)[O-])c2ccccc12. The molecule has 4 aromatic carbocycles. The highest BCUT2D eigenvalue weighted by Crippen LogP contribution is 2.30. The summed E-state index contributed by atoms with van der Waals surface area (Å²) in [5.74, 6) is -1.46. The number of nitrogens with two attached hydrogens (primary N) is 1. The Hall–Kier alpha value is -7.35. The van der Waals surface area contributed by atoms with Gasteiger partial charge in [0.25, 0.3) is 17.4 Å². The van der Waals surface area contributed by atoms with Crippen LogP contribution in [0.3, 0.4) is 0 Å². The van der Waals surface area contributed by atoms with Gasteiger partial charge in [0.15, 0.2) is 17.7 Å². The van der Waals surface area contributed by atoms with Crippen LogP contribution in [0.5, 0.6) is 5.75 Å². The summed E-state index contributed by atoms with van der Waals surface area (Å²) in [4.78, 5) is 66.7. The number of nitrogens with one attached hydrogen (secondary N) is 4. The Labute approximate surface area is 360 Å². The molecule has 3 aromatic heterocycles. The van der Waals surface area contributed by atoms with Crippen molar-refractivity contribution in [2.45, 2.75) is 33.4 Å². The largest absolute Gasteiger partial charge is 0.748 e. The van der Waals surface area contributed by atoms with E-state index >= 15 is 0 Å². The van der Waals surface area contributed by atoms with Crippen LogP contribution in [0.4, 0.5) is 11.6 Å². The first-order valence-corrected chi connectivity index (χ1v) is 21.4. The minimum Gasteiger partial charge on any atom is -0.748 e. The molecule has 18 nitrogen and oxygen atoms in total. The van der Waals surface area contributed by atoms with Gasteiger partial charge in [0, 0.05) is 54.2 Å². The Morgan fingerprint density at radius 2 is 1.44 bits per heavy atom. The number of fused-ring (bicyclic) bond motifs is 3. The Kier molecular flexibility index (Phi) is 13.3. The molecule has 0 radical (unpaired) electrons. The molecule has 0 fully saturated rings. The van der Waals surface area contributed by atoms with Gasteiger partial charge in [-0.15, -0.1) is 0 Å². The van der Waals surface area contributed by atoms with E-state index in [9.17, 15) is 32.1 Å². The van der Waals surface area contributed by atoms with E-state index in [1.165, 1.54) is 6.20 Å². The molecule has 0 aliphatic rings. The topological polar surface area (TPSA) is 264 Å². The summed E-state index contributed by atoms with van der Waals surface area (Å²) in [6.45, 7) is 4.90. The van der Waals surface area contributed by atoms with Crippen molar-refractivity contribution in [3.8, 4) is 5.75 Å². The van der Waals surface area contributed by atoms with Gasteiger partial charge in [-0.05, 0) is 73.5 Å². The summed E-state index contributed by atoms with van der Waals surface area (Å²) in [6, 6.07) is 24.6. The van der Waals surface area contributed by atoms with Gasteiger partial charge in [-0.3, -0.25) is 19.4 Å². The number of H-pyrrole nitrogens is 1. The maximum atomic E-state index is 14.0. The lowest BCUT2D eigenvalue weighted by atomic mass is 10.0. The minimum absolute atomic E-state index is 0.0382. The zero-order valence-corrected chi connectivity index (χ0v) is 35.1. The number of ether oxygens (including phenoxy) is 2. The number of pyridine rings is 1. The van der Waals surface area contributed by atoms with Gasteiger partial charge in [0.1, 0.15) is 5.75 Å². The molecule has 0 bridgehead atoms. The van der Waals surface area contributed by atoms with Crippen molar-refractivity contribution in [3.05, 3.63) is 135 Å². The summed E-state index contributed by atoms with van der Waals surface area (Å²) in [6.07, 6.45) is 1.60. The number of esters is 1. The van der Waals surface area contributed by atoms with Crippen molar-refractivity contribution in [1.82, 2.24) is 30.6 Å². The zero-order chi connectivity index (χ0) is 44.7. The molecule has 0 aliphatic heterocycles. The first kappa shape index (κ1) is 43.7. The van der Waals surface area contributed by atoms with Crippen LogP contribution >= 0.6 is 0 Å². The number of benzene rings is 4. The Bertz CT molecular complexity index is 2970. The van der Waals surface area contributed by atoms with Crippen LogP contribution in [-0.2, 0) is 27.9 Å². The third-order valence-corrected chi connectivity index (χ3v) is 10.8. The Morgan fingerprint density at radius 3 is 2.06 bits per heavy atom. The lowest BCUT2D eigenvalue weighted by Crippen LogP contribution is -2.37. The molecule has 6 N–H and O–H groups in total. The molecule has 0 aliphatic carbocycles. The second-order valence-corrected chi connectivity index (χ2v) is 16.1. The molecule has 0 saturated carbocycles. The maximum Gasteiger partial charge on any atom is 0.345 e. The van der Waals surface area contributed by atoms with E-state index in [1.807, 2.05) is 28.8 Å². The lowest BCUT2D eigenvalue weighted by Gasteiger charge is -2.15. The van der Waals surface area contributed by atoms with Crippen molar-refractivity contribution >= 4 is 72.5 Å². The van der Waals surface area contributed by atoms with Crippen LogP contribution in [0.25, 0.3) is 33.0 Å². The van der Waals surface area contributed by atoms with E-state index in [2.05, 4.69) is 35.9 Å². The van der Waals surface area contributed by atoms with Gasteiger partial charge < -0.3 is 35.7 Å². The standard InChI is InChI=1S/C44H43N9O9S/c1-26-22-29(23-27(2)38(26)62-43(57)36-32-8-3-5-10-34(32)53(18-7-21-63(58,59)60)35-11-6-4-9-33(35)36)41(55)47-17-20-61-19-16-46-40(54)28-12-14-30(15-13-28)48-24-31-25-49-39-37(50-31)42(56)52-44(45)51-39/h3-6,8-15,22-23,25H,7,16-21,24H2,1-2H3,(H6-,45,46,47,48,49,51,52,54,55,56,58,59,60). The minimum atomic E-state index is -4.39. The number of carbonyl (C=O) groups excluding carboxylic acids is 3. The van der Waals surface area contributed by atoms with Gasteiger partial charge in [-0.25, -0.2) is 23.2 Å². The van der Waals surface area contributed by atoms with E-state index < -0.39 is 27.4 Å². The Balaban J connectivity index is 0.873. The van der Waals surface area contributed by atoms with Crippen molar-refractivity contribution in [2.75, 3.05) is 43.1 Å². The number of hydrogen-bond acceptors (Lipinski definition) is 14. The van der Waals surface area contributed by atoms with Gasteiger partial charge in [0.2, 0.25) is 17.0 Å². The highest BCUT2D eigenvalue weighted by molar-refractivity contribution is 7.85. The van der Waals surface area contributed by atoms with Crippen LogP contribution in [0.2, 0.25) is 0 Å². The molecule has 19 heteroatoms. The van der Waals surface area contributed by atoms with Crippen LogP contribution < -0.4 is 36.5 Å².